The maximum atomic E-state index is 11.2. The monoisotopic (exact) mass is 241 g/mol. The molecule has 0 spiro atoms. The average molecular weight is 241 g/mol. The van der Waals surface area contributed by atoms with Gasteiger partial charge in [-0.1, -0.05) is 12.1 Å². The summed E-state index contributed by atoms with van der Waals surface area (Å²) in [6, 6.07) is 5.03. The van der Waals surface area contributed by atoms with Crippen molar-refractivity contribution in [3.63, 3.8) is 0 Å². The van der Waals surface area contributed by atoms with E-state index in [4.69, 9.17) is 9.29 Å². The number of rotatable bonds is 2. The van der Waals surface area contributed by atoms with Gasteiger partial charge in [0, 0.05) is 18.6 Å². The van der Waals surface area contributed by atoms with E-state index in [1.54, 1.807) is 29.8 Å². The minimum absolute atomic E-state index is 0.107. The Morgan fingerprint density at radius 2 is 2.06 bits per heavy atom. The van der Waals surface area contributed by atoms with Gasteiger partial charge in [0.05, 0.1) is 12.6 Å². The summed E-state index contributed by atoms with van der Waals surface area (Å²) in [4.78, 5) is -0.107. The molecule has 2 rings (SSSR count). The van der Waals surface area contributed by atoms with Crippen molar-refractivity contribution in [2.75, 3.05) is 7.11 Å². The first-order valence-electron chi connectivity index (χ1n) is 4.54. The molecule has 1 N–H and O–H groups in total. The lowest BCUT2D eigenvalue weighted by atomic mass is 10.2. The number of fused-ring (bicyclic) bond motifs is 1. The number of hydrogen-bond acceptors (Lipinski definition) is 3. The molecule has 0 aliphatic heterocycles. The van der Waals surface area contributed by atoms with Gasteiger partial charge < -0.3 is 9.30 Å². The summed E-state index contributed by atoms with van der Waals surface area (Å²) in [6.45, 7) is 0. The Balaban J connectivity index is 2.93. The predicted octanol–water partition coefficient (Wildman–Crippen LogP) is 1.43. The second-order valence-electron chi connectivity index (χ2n) is 3.44. The van der Waals surface area contributed by atoms with Crippen LogP contribution in [0.4, 0.5) is 0 Å². The largest absolute Gasteiger partial charge is 0.495 e. The van der Waals surface area contributed by atoms with Gasteiger partial charge in [-0.05, 0) is 6.07 Å². The molecule has 0 saturated carbocycles. The van der Waals surface area contributed by atoms with Gasteiger partial charge in [-0.2, -0.15) is 8.42 Å². The van der Waals surface area contributed by atoms with Gasteiger partial charge in [0.25, 0.3) is 10.1 Å². The van der Waals surface area contributed by atoms with Gasteiger partial charge >= 0.3 is 0 Å². The van der Waals surface area contributed by atoms with Gasteiger partial charge in [-0.25, -0.2) is 0 Å². The third-order valence-electron chi connectivity index (χ3n) is 2.43. The molecule has 0 fully saturated rings. The van der Waals surface area contributed by atoms with Crippen molar-refractivity contribution >= 4 is 21.0 Å². The summed E-state index contributed by atoms with van der Waals surface area (Å²) in [5.74, 6) is 0.565. The molecule has 0 aliphatic rings. The number of aromatic nitrogens is 1. The second kappa shape index (κ2) is 3.50. The van der Waals surface area contributed by atoms with E-state index in [1.165, 1.54) is 13.3 Å². The SMILES string of the molecule is COc1cccc2c(S(=O)(=O)O)cn(C)c12. The first-order valence-corrected chi connectivity index (χ1v) is 5.98. The fourth-order valence-electron chi connectivity index (χ4n) is 1.77. The van der Waals surface area contributed by atoms with Crippen molar-refractivity contribution in [3.8, 4) is 5.75 Å². The Hall–Kier alpha value is -1.53. The molecule has 16 heavy (non-hydrogen) atoms. The van der Waals surface area contributed by atoms with Gasteiger partial charge in [-0.3, -0.25) is 4.55 Å². The molecule has 0 bridgehead atoms. The van der Waals surface area contributed by atoms with Gasteiger partial charge in [-0.15, -0.1) is 0 Å². The van der Waals surface area contributed by atoms with E-state index in [-0.39, 0.29) is 4.90 Å². The van der Waals surface area contributed by atoms with E-state index < -0.39 is 10.1 Å². The van der Waals surface area contributed by atoms with E-state index in [1.807, 2.05) is 0 Å². The highest BCUT2D eigenvalue weighted by Gasteiger charge is 2.19. The Bertz CT molecular complexity index is 642. The van der Waals surface area contributed by atoms with E-state index in [9.17, 15) is 8.42 Å². The summed E-state index contributed by atoms with van der Waals surface area (Å²) in [7, 11) is -1.01. The summed E-state index contributed by atoms with van der Waals surface area (Å²) in [6.07, 6.45) is 1.36. The summed E-state index contributed by atoms with van der Waals surface area (Å²) in [5, 5.41) is 0.448. The fourth-order valence-corrected chi connectivity index (χ4v) is 2.50. The molecular formula is C10H11NO4S. The fraction of sp³-hybridized carbons (Fsp3) is 0.200. The Kier molecular flexibility index (Phi) is 2.40. The quantitative estimate of drug-likeness (QED) is 0.808. The van der Waals surface area contributed by atoms with Crippen LogP contribution in [0, 0.1) is 0 Å². The van der Waals surface area contributed by atoms with Gasteiger partial charge in [0.1, 0.15) is 10.6 Å². The van der Waals surface area contributed by atoms with Crippen molar-refractivity contribution in [1.82, 2.24) is 4.57 Å². The standard InChI is InChI=1S/C10H11NO4S/c1-11-6-9(16(12,13)14)7-4-3-5-8(15-2)10(7)11/h3-6H,1-2H3,(H,12,13,14). The minimum Gasteiger partial charge on any atom is -0.495 e. The number of nitrogens with zero attached hydrogens (tertiary/aromatic N) is 1. The van der Waals surface area contributed by atoms with Crippen LogP contribution in [-0.2, 0) is 17.2 Å². The number of ether oxygens (including phenoxy) is 1. The van der Waals surface area contributed by atoms with Crippen molar-refractivity contribution in [2.45, 2.75) is 4.90 Å². The molecule has 5 nitrogen and oxygen atoms in total. The molecule has 2 aromatic rings. The van der Waals surface area contributed by atoms with Crippen LogP contribution in [0.3, 0.4) is 0 Å². The average Bonchev–Trinajstić information content (AvgIpc) is 2.56. The van der Waals surface area contributed by atoms with Crippen LogP contribution >= 0.6 is 0 Å². The van der Waals surface area contributed by atoms with Crippen molar-refractivity contribution in [3.05, 3.63) is 24.4 Å². The van der Waals surface area contributed by atoms with Crippen LogP contribution in [0.1, 0.15) is 0 Å². The third kappa shape index (κ3) is 1.56. The van der Waals surface area contributed by atoms with Crippen LogP contribution in [0.25, 0.3) is 10.9 Å². The van der Waals surface area contributed by atoms with Gasteiger partial charge in [0.2, 0.25) is 0 Å². The topological polar surface area (TPSA) is 68.5 Å². The van der Waals surface area contributed by atoms with E-state index in [0.717, 1.165) is 0 Å². The molecule has 0 radical (unpaired) electrons. The van der Waals surface area contributed by atoms with Crippen LogP contribution in [0.5, 0.6) is 5.75 Å². The smallest absolute Gasteiger partial charge is 0.296 e. The highest BCUT2D eigenvalue weighted by atomic mass is 32.2. The Morgan fingerprint density at radius 1 is 1.38 bits per heavy atom. The molecule has 0 saturated heterocycles. The highest BCUT2D eigenvalue weighted by Crippen LogP contribution is 2.31. The molecule has 1 heterocycles. The lowest BCUT2D eigenvalue weighted by Crippen LogP contribution is -1.96. The molecule has 1 aromatic heterocycles. The zero-order valence-electron chi connectivity index (χ0n) is 8.84. The van der Waals surface area contributed by atoms with Crippen LogP contribution < -0.4 is 4.74 Å². The van der Waals surface area contributed by atoms with Crippen molar-refractivity contribution in [1.29, 1.82) is 0 Å². The molecular weight excluding hydrogens is 230 g/mol. The Morgan fingerprint density at radius 3 is 2.62 bits per heavy atom. The number of aryl methyl sites for hydroxylation is 1. The lowest BCUT2D eigenvalue weighted by Gasteiger charge is -2.03. The van der Waals surface area contributed by atoms with E-state index >= 15 is 0 Å². The first kappa shape index (κ1) is 11.0. The molecule has 0 amide bonds. The molecule has 0 atom stereocenters. The first-order chi connectivity index (χ1) is 7.45. The third-order valence-corrected chi connectivity index (χ3v) is 3.31. The van der Waals surface area contributed by atoms with E-state index in [0.29, 0.717) is 16.7 Å². The molecule has 0 aliphatic carbocycles. The van der Waals surface area contributed by atoms with Gasteiger partial charge in [0.15, 0.2) is 0 Å². The normalized spacial score (nSPS) is 11.9. The zero-order chi connectivity index (χ0) is 11.9. The number of methoxy groups -OCH3 is 1. The minimum atomic E-state index is -4.21. The summed E-state index contributed by atoms with van der Waals surface area (Å²) >= 11 is 0. The van der Waals surface area contributed by atoms with Crippen LogP contribution in [-0.4, -0.2) is 24.6 Å². The zero-order valence-corrected chi connectivity index (χ0v) is 9.65. The van der Waals surface area contributed by atoms with Crippen molar-refractivity contribution in [2.24, 2.45) is 7.05 Å². The number of hydrogen-bond donors (Lipinski definition) is 1. The number of para-hydroxylation sites is 1. The Labute approximate surface area is 93.0 Å². The summed E-state index contributed by atoms with van der Waals surface area (Å²) in [5.41, 5.74) is 0.637. The second-order valence-corrected chi connectivity index (χ2v) is 4.83. The van der Waals surface area contributed by atoms with Crippen LogP contribution in [0.2, 0.25) is 0 Å². The number of benzene rings is 1. The maximum Gasteiger partial charge on any atom is 0.296 e. The maximum absolute atomic E-state index is 11.2. The predicted molar refractivity (Wildman–Crippen MR) is 59.3 cm³/mol. The highest BCUT2D eigenvalue weighted by molar-refractivity contribution is 7.86. The molecule has 86 valence electrons. The molecule has 0 unspecified atom stereocenters. The lowest BCUT2D eigenvalue weighted by molar-refractivity contribution is 0.418. The molecule has 6 heteroatoms. The van der Waals surface area contributed by atoms with Crippen LogP contribution in [0.15, 0.2) is 29.3 Å². The van der Waals surface area contributed by atoms with Crippen molar-refractivity contribution < 1.29 is 17.7 Å². The molecule has 1 aromatic carbocycles. The summed E-state index contributed by atoms with van der Waals surface area (Å²) < 4.78 is 38.1. The van der Waals surface area contributed by atoms with E-state index in [2.05, 4.69) is 0 Å².